The first-order valence-corrected chi connectivity index (χ1v) is 8.44. The van der Waals surface area contributed by atoms with E-state index < -0.39 is 0 Å². The minimum absolute atomic E-state index is 0.132. The van der Waals surface area contributed by atoms with Crippen LogP contribution in [-0.2, 0) is 12.8 Å². The van der Waals surface area contributed by atoms with Crippen LogP contribution in [0.2, 0.25) is 0 Å². The molecule has 2 aromatic carbocycles. The second kappa shape index (κ2) is 5.57. The number of carbonyl (C=O) groups is 1. The highest BCUT2D eigenvalue weighted by molar-refractivity contribution is 9.10. The van der Waals surface area contributed by atoms with Crippen LogP contribution in [0.25, 0.3) is 0 Å². The third-order valence-electron chi connectivity index (χ3n) is 4.29. The summed E-state index contributed by atoms with van der Waals surface area (Å²) in [6.07, 6.45) is 1.57. The Kier molecular flexibility index (Phi) is 3.53. The lowest BCUT2D eigenvalue weighted by atomic mass is 9.99. The molecule has 0 saturated carbocycles. The van der Waals surface area contributed by atoms with Crippen molar-refractivity contribution in [3.05, 3.63) is 51.0 Å². The number of rotatable bonds is 2. The molecule has 0 saturated heterocycles. The largest absolute Gasteiger partial charge is 0.493 e. The summed E-state index contributed by atoms with van der Waals surface area (Å²) in [6, 6.07) is 7.79. The van der Waals surface area contributed by atoms with E-state index in [1.807, 2.05) is 31.2 Å². The Morgan fingerprint density at radius 2 is 2.00 bits per heavy atom. The predicted octanol–water partition coefficient (Wildman–Crippen LogP) is 3.88. The van der Waals surface area contributed by atoms with E-state index in [1.165, 1.54) is 0 Å². The van der Waals surface area contributed by atoms with Crippen molar-refractivity contribution in [1.29, 1.82) is 0 Å². The van der Waals surface area contributed by atoms with Gasteiger partial charge in [-0.2, -0.15) is 0 Å². The Labute approximate surface area is 142 Å². The SMILES string of the molecule is Cc1cc(NC(=O)c2c3c(cc4c2OCC4)OCC3)ccc1Br. The molecule has 2 aliphatic rings. The van der Waals surface area contributed by atoms with Crippen molar-refractivity contribution in [3.63, 3.8) is 0 Å². The Hall–Kier alpha value is -2.01. The fourth-order valence-electron chi connectivity index (χ4n) is 3.14. The van der Waals surface area contributed by atoms with Crippen molar-refractivity contribution >= 4 is 27.5 Å². The summed E-state index contributed by atoms with van der Waals surface area (Å²) in [5, 5.41) is 2.99. The molecule has 4 rings (SSSR count). The van der Waals surface area contributed by atoms with E-state index in [9.17, 15) is 4.79 Å². The normalized spacial score (nSPS) is 14.7. The minimum Gasteiger partial charge on any atom is -0.493 e. The maximum atomic E-state index is 12.9. The molecule has 0 spiro atoms. The number of halogens is 1. The highest BCUT2D eigenvalue weighted by Gasteiger charge is 2.30. The third-order valence-corrected chi connectivity index (χ3v) is 5.18. The number of benzene rings is 2. The van der Waals surface area contributed by atoms with Crippen LogP contribution in [0.1, 0.15) is 27.0 Å². The van der Waals surface area contributed by atoms with Crippen molar-refractivity contribution < 1.29 is 14.3 Å². The summed E-state index contributed by atoms with van der Waals surface area (Å²) in [5.74, 6) is 1.42. The number of hydrogen-bond donors (Lipinski definition) is 1. The number of nitrogens with one attached hydrogen (secondary N) is 1. The highest BCUT2D eigenvalue weighted by Crippen LogP contribution is 2.40. The Balaban J connectivity index is 1.73. The average molecular weight is 374 g/mol. The van der Waals surface area contributed by atoms with Gasteiger partial charge in [0.1, 0.15) is 11.5 Å². The molecule has 1 amide bonds. The molecule has 5 heteroatoms. The molecule has 118 valence electrons. The number of anilines is 1. The Bertz CT molecular complexity index is 784. The van der Waals surface area contributed by atoms with Crippen molar-refractivity contribution in [2.75, 3.05) is 18.5 Å². The molecule has 2 aliphatic heterocycles. The zero-order chi connectivity index (χ0) is 16.0. The quantitative estimate of drug-likeness (QED) is 0.868. The fourth-order valence-corrected chi connectivity index (χ4v) is 3.39. The van der Waals surface area contributed by atoms with Gasteiger partial charge in [-0.1, -0.05) is 15.9 Å². The summed E-state index contributed by atoms with van der Waals surface area (Å²) >= 11 is 3.47. The maximum Gasteiger partial charge on any atom is 0.259 e. The van der Waals surface area contributed by atoms with E-state index in [0.717, 1.165) is 51.2 Å². The monoisotopic (exact) mass is 373 g/mol. The van der Waals surface area contributed by atoms with E-state index in [1.54, 1.807) is 0 Å². The van der Waals surface area contributed by atoms with Crippen molar-refractivity contribution in [2.24, 2.45) is 0 Å². The van der Waals surface area contributed by atoms with Gasteiger partial charge in [-0.3, -0.25) is 4.79 Å². The molecule has 0 fully saturated rings. The first-order chi connectivity index (χ1) is 11.1. The Morgan fingerprint density at radius 1 is 1.17 bits per heavy atom. The molecular weight excluding hydrogens is 358 g/mol. The number of amides is 1. The lowest BCUT2D eigenvalue weighted by molar-refractivity contribution is 0.102. The van der Waals surface area contributed by atoms with Gasteiger partial charge in [0.25, 0.3) is 5.91 Å². The summed E-state index contributed by atoms with van der Waals surface area (Å²) in [4.78, 5) is 12.9. The fraction of sp³-hybridized carbons (Fsp3) is 0.278. The standard InChI is InChI=1S/C18H16BrNO3/c1-10-8-12(2-3-14(10)19)20-18(21)16-13-5-7-22-15(13)9-11-4-6-23-17(11)16/h2-3,8-9H,4-7H2,1H3,(H,20,21). The van der Waals surface area contributed by atoms with Crippen LogP contribution >= 0.6 is 15.9 Å². The van der Waals surface area contributed by atoms with Crippen molar-refractivity contribution in [1.82, 2.24) is 0 Å². The molecule has 2 heterocycles. The number of aryl methyl sites for hydroxylation is 1. The molecule has 23 heavy (non-hydrogen) atoms. The summed E-state index contributed by atoms with van der Waals surface area (Å²) in [7, 11) is 0. The van der Waals surface area contributed by atoms with Crippen LogP contribution in [0.5, 0.6) is 11.5 Å². The third kappa shape index (κ3) is 2.49. The minimum atomic E-state index is -0.132. The summed E-state index contributed by atoms with van der Waals surface area (Å²) in [6.45, 7) is 3.24. The molecule has 2 aromatic rings. The second-order valence-corrected chi connectivity index (χ2v) is 6.69. The van der Waals surface area contributed by atoms with Gasteiger partial charge in [0.15, 0.2) is 0 Å². The Morgan fingerprint density at radius 3 is 2.83 bits per heavy atom. The zero-order valence-corrected chi connectivity index (χ0v) is 14.3. The molecule has 0 aliphatic carbocycles. The van der Waals surface area contributed by atoms with Gasteiger partial charge in [-0.25, -0.2) is 0 Å². The summed E-state index contributed by atoms with van der Waals surface area (Å²) < 4.78 is 12.4. The molecule has 4 nitrogen and oxygen atoms in total. The van der Waals surface area contributed by atoms with Crippen molar-refractivity contribution in [2.45, 2.75) is 19.8 Å². The lowest BCUT2D eigenvalue weighted by Crippen LogP contribution is -2.15. The van der Waals surface area contributed by atoms with Crippen LogP contribution in [0, 0.1) is 6.92 Å². The molecule has 0 bridgehead atoms. The van der Waals surface area contributed by atoms with E-state index in [0.29, 0.717) is 18.8 Å². The van der Waals surface area contributed by atoms with Gasteiger partial charge >= 0.3 is 0 Å². The van der Waals surface area contributed by atoms with E-state index in [-0.39, 0.29) is 5.91 Å². The van der Waals surface area contributed by atoms with Gasteiger partial charge in [0.05, 0.1) is 18.8 Å². The van der Waals surface area contributed by atoms with E-state index in [2.05, 4.69) is 21.2 Å². The highest BCUT2D eigenvalue weighted by atomic mass is 79.9. The zero-order valence-electron chi connectivity index (χ0n) is 12.7. The van der Waals surface area contributed by atoms with Gasteiger partial charge in [0, 0.05) is 34.1 Å². The predicted molar refractivity (Wildman–Crippen MR) is 91.7 cm³/mol. The molecular formula is C18H16BrNO3. The van der Waals surface area contributed by atoms with E-state index in [4.69, 9.17) is 9.47 Å². The van der Waals surface area contributed by atoms with Crippen LogP contribution in [0.4, 0.5) is 5.69 Å². The van der Waals surface area contributed by atoms with Gasteiger partial charge in [-0.05, 0) is 36.8 Å². The van der Waals surface area contributed by atoms with Crippen LogP contribution in [-0.4, -0.2) is 19.1 Å². The first kappa shape index (κ1) is 14.6. The summed E-state index contributed by atoms with van der Waals surface area (Å²) in [5.41, 5.74) is 4.50. The first-order valence-electron chi connectivity index (χ1n) is 7.65. The van der Waals surface area contributed by atoms with Crippen molar-refractivity contribution in [3.8, 4) is 11.5 Å². The number of ether oxygens (including phenoxy) is 2. The van der Waals surface area contributed by atoms with Crippen LogP contribution in [0.3, 0.4) is 0 Å². The van der Waals surface area contributed by atoms with E-state index >= 15 is 0 Å². The molecule has 0 aromatic heterocycles. The van der Waals surface area contributed by atoms with Crippen LogP contribution in [0.15, 0.2) is 28.7 Å². The molecule has 0 atom stereocenters. The number of hydrogen-bond acceptors (Lipinski definition) is 3. The van der Waals surface area contributed by atoms with Gasteiger partial charge in [-0.15, -0.1) is 0 Å². The topological polar surface area (TPSA) is 47.6 Å². The molecule has 1 N–H and O–H groups in total. The number of fused-ring (bicyclic) bond motifs is 2. The average Bonchev–Trinajstić information content (AvgIpc) is 3.16. The molecule has 0 unspecified atom stereocenters. The second-order valence-electron chi connectivity index (χ2n) is 5.83. The molecule has 0 radical (unpaired) electrons. The lowest BCUT2D eigenvalue weighted by Gasteiger charge is -2.13. The van der Waals surface area contributed by atoms with Crippen LogP contribution < -0.4 is 14.8 Å². The van der Waals surface area contributed by atoms with Gasteiger partial charge in [0.2, 0.25) is 0 Å². The maximum absolute atomic E-state index is 12.9. The van der Waals surface area contributed by atoms with Gasteiger partial charge < -0.3 is 14.8 Å². The number of carbonyl (C=O) groups excluding carboxylic acids is 1. The smallest absolute Gasteiger partial charge is 0.259 e.